The Morgan fingerprint density at radius 3 is 2.68 bits per heavy atom. The van der Waals surface area contributed by atoms with Gasteiger partial charge < -0.3 is 9.84 Å². The van der Waals surface area contributed by atoms with Gasteiger partial charge in [-0.25, -0.2) is 0 Å². The quantitative estimate of drug-likeness (QED) is 0.919. The zero-order valence-corrected chi connectivity index (χ0v) is 12.3. The molecule has 0 amide bonds. The molecule has 1 aromatic rings. The molecule has 0 atom stereocenters. The highest BCUT2D eigenvalue weighted by molar-refractivity contribution is 7.99. The second kappa shape index (κ2) is 6.75. The van der Waals surface area contributed by atoms with Gasteiger partial charge in [0.1, 0.15) is 0 Å². The lowest BCUT2D eigenvalue weighted by Gasteiger charge is -2.20. The first-order valence-electron chi connectivity index (χ1n) is 7.56. The fourth-order valence-electron chi connectivity index (χ4n) is 2.98. The van der Waals surface area contributed by atoms with Crippen molar-refractivity contribution in [1.82, 2.24) is 15.5 Å². The Bertz CT molecular complexity index is 384. The minimum absolute atomic E-state index is 0.474. The van der Waals surface area contributed by atoms with Crippen LogP contribution >= 0.6 is 11.8 Å². The van der Waals surface area contributed by atoms with Gasteiger partial charge in [0, 0.05) is 11.2 Å². The maximum atomic E-state index is 5.44. The summed E-state index contributed by atoms with van der Waals surface area (Å²) in [4.78, 5) is 4.59. The molecular formula is C14H23N3OS. The number of rotatable bonds is 4. The highest BCUT2D eigenvalue weighted by atomic mass is 32.2. The summed E-state index contributed by atoms with van der Waals surface area (Å²) in [6.07, 6.45) is 9.18. The van der Waals surface area contributed by atoms with Crippen LogP contribution in [0.4, 0.5) is 0 Å². The SMILES string of the molecule is C1CCC(SCc2noc(C3CCNCC3)n2)CC1. The first-order chi connectivity index (χ1) is 9.42. The van der Waals surface area contributed by atoms with Gasteiger partial charge in [-0.15, -0.1) is 0 Å². The lowest BCUT2D eigenvalue weighted by Crippen LogP contribution is -2.26. The summed E-state index contributed by atoms with van der Waals surface area (Å²) in [6, 6.07) is 0. The van der Waals surface area contributed by atoms with Gasteiger partial charge in [-0.3, -0.25) is 0 Å². The van der Waals surface area contributed by atoms with E-state index in [0.29, 0.717) is 5.92 Å². The number of thioether (sulfide) groups is 1. The highest BCUT2D eigenvalue weighted by Gasteiger charge is 2.22. The molecule has 1 aliphatic heterocycles. The van der Waals surface area contributed by atoms with Gasteiger partial charge in [0.2, 0.25) is 5.89 Å². The molecule has 0 unspecified atom stereocenters. The largest absolute Gasteiger partial charge is 0.339 e. The van der Waals surface area contributed by atoms with Crippen LogP contribution in [0.3, 0.4) is 0 Å². The molecule has 2 fully saturated rings. The van der Waals surface area contributed by atoms with Crippen molar-refractivity contribution < 1.29 is 4.52 Å². The molecule has 5 heteroatoms. The molecule has 1 saturated heterocycles. The summed E-state index contributed by atoms with van der Waals surface area (Å²) in [5.41, 5.74) is 0. The summed E-state index contributed by atoms with van der Waals surface area (Å²) >= 11 is 2.01. The van der Waals surface area contributed by atoms with Crippen LogP contribution in [0.5, 0.6) is 0 Å². The van der Waals surface area contributed by atoms with E-state index in [9.17, 15) is 0 Å². The summed E-state index contributed by atoms with van der Waals surface area (Å²) in [5.74, 6) is 3.14. The molecule has 0 bridgehead atoms. The summed E-state index contributed by atoms with van der Waals surface area (Å²) < 4.78 is 5.44. The molecule has 106 valence electrons. The van der Waals surface area contributed by atoms with Crippen molar-refractivity contribution in [3.8, 4) is 0 Å². The predicted molar refractivity (Wildman–Crippen MR) is 77.3 cm³/mol. The van der Waals surface area contributed by atoms with Gasteiger partial charge in [0.05, 0.1) is 5.75 Å². The normalized spacial score (nSPS) is 22.7. The molecule has 1 saturated carbocycles. The van der Waals surface area contributed by atoms with Crippen LogP contribution in [0.15, 0.2) is 4.52 Å². The Morgan fingerprint density at radius 2 is 1.89 bits per heavy atom. The fraction of sp³-hybridized carbons (Fsp3) is 0.857. The van der Waals surface area contributed by atoms with Crippen LogP contribution in [0.25, 0.3) is 0 Å². The van der Waals surface area contributed by atoms with E-state index in [1.54, 1.807) is 0 Å². The topological polar surface area (TPSA) is 51.0 Å². The lowest BCUT2D eigenvalue weighted by molar-refractivity contribution is 0.318. The minimum Gasteiger partial charge on any atom is -0.339 e. The summed E-state index contributed by atoms with van der Waals surface area (Å²) in [7, 11) is 0. The van der Waals surface area contributed by atoms with Crippen LogP contribution in [0, 0.1) is 0 Å². The van der Waals surface area contributed by atoms with Crippen LogP contribution < -0.4 is 5.32 Å². The van der Waals surface area contributed by atoms with E-state index >= 15 is 0 Å². The first-order valence-corrected chi connectivity index (χ1v) is 8.61. The smallest absolute Gasteiger partial charge is 0.229 e. The number of nitrogens with zero attached hydrogens (tertiary/aromatic N) is 2. The molecule has 2 aliphatic rings. The average Bonchev–Trinajstić information content (AvgIpc) is 2.96. The Kier molecular flexibility index (Phi) is 4.77. The first kappa shape index (κ1) is 13.4. The number of aromatic nitrogens is 2. The van der Waals surface area contributed by atoms with Crippen molar-refractivity contribution >= 4 is 11.8 Å². The fourth-order valence-corrected chi connectivity index (χ4v) is 4.15. The zero-order valence-electron chi connectivity index (χ0n) is 11.4. The van der Waals surface area contributed by atoms with Gasteiger partial charge in [-0.1, -0.05) is 24.4 Å². The van der Waals surface area contributed by atoms with E-state index < -0.39 is 0 Å². The Morgan fingerprint density at radius 1 is 1.11 bits per heavy atom. The van der Waals surface area contributed by atoms with E-state index in [-0.39, 0.29) is 0 Å². The van der Waals surface area contributed by atoms with E-state index in [1.807, 2.05) is 11.8 Å². The Hall–Kier alpha value is -0.550. The second-order valence-electron chi connectivity index (χ2n) is 5.64. The van der Waals surface area contributed by atoms with Crippen LogP contribution in [0.2, 0.25) is 0 Å². The Balaban J connectivity index is 1.49. The third-order valence-corrected chi connectivity index (χ3v) is 5.54. The van der Waals surface area contributed by atoms with E-state index in [0.717, 1.165) is 48.6 Å². The predicted octanol–water partition coefficient (Wildman–Crippen LogP) is 3.10. The number of hydrogen-bond donors (Lipinski definition) is 1. The van der Waals surface area contributed by atoms with Crippen LogP contribution in [0.1, 0.15) is 62.6 Å². The summed E-state index contributed by atoms with van der Waals surface area (Å²) in [5, 5.41) is 8.33. The number of piperidine rings is 1. The highest BCUT2D eigenvalue weighted by Crippen LogP contribution is 2.30. The van der Waals surface area contributed by atoms with E-state index in [1.165, 1.54) is 32.1 Å². The van der Waals surface area contributed by atoms with Crippen molar-refractivity contribution in [1.29, 1.82) is 0 Å². The monoisotopic (exact) mass is 281 g/mol. The average molecular weight is 281 g/mol. The number of hydrogen-bond acceptors (Lipinski definition) is 5. The third kappa shape index (κ3) is 3.72. The molecule has 1 N–H and O–H groups in total. The van der Waals surface area contributed by atoms with Crippen molar-refractivity contribution in [3.05, 3.63) is 11.7 Å². The second-order valence-corrected chi connectivity index (χ2v) is 6.93. The van der Waals surface area contributed by atoms with E-state index in [2.05, 4.69) is 15.5 Å². The molecule has 19 heavy (non-hydrogen) atoms. The summed E-state index contributed by atoms with van der Waals surface area (Å²) in [6.45, 7) is 2.14. The lowest BCUT2D eigenvalue weighted by atomic mass is 9.98. The third-order valence-electron chi connectivity index (χ3n) is 4.17. The van der Waals surface area contributed by atoms with Gasteiger partial charge in [0.25, 0.3) is 0 Å². The Labute approximate surface area is 119 Å². The molecule has 4 nitrogen and oxygen atoms in total. The van der Waals surface area contributed by atoms with Crippen molar-refractivity contribution in [3.63, 3.8) is 0 Å². The minimum atomic E-state index is 0.474. The molecule has 1 aromatic heterocycles. The maximum Gasteiger partial charge on any atom is 0.229 e. The van der Waals surface area contributed by atoms with Gasteiger partial charge in [-0.05, 0) is 38.8 Å². The molecule has 0 radical (unpaired) electrons. The van der Waals surface area contributed by atoms with Crippen LogP contribution in [-0.2, 0) is 5.75 Å². The molecule has 3 rings (SSSR count). The molecule has 2 heterocycles. The maximum absolute atomic E-state index is 5.44. The van der Waals surface area contributed by atoms with E-state index in [4.69, 9.17) is 4.52 Å². The standard InChI is InChI=1S/C14H23N3OS/c1-2-4-12(5-3-1)19-10-13-16-14(18-17-13)11-6-8-15-9-7-11/h11-12,15H,1-10H2. The zero-order chi connectivity index (χ0) is 12.9. The molecule has 1 aliphatic carbocycles. The van der Waals surface area contributed by atoms with Crippen LogP contribution in [-0.4, -0.2) is 28.5 Å². The van der Waals surface area contributed by atoms with Gasteiger partial charge in [-0.2, -0.15) is 16.7 Å². The number of nitrogens with one attached hydrogen (secondary N) is 1. The van der Waals surface area contributed by atoms with Crippen molar-refractivity contribution in [2.45, 2.75) is 61.9 Å². The van der Waals surface area contributed by atoms with Crippen molar-refractivity contribution in [2.75, 3.05) is 13.1 Å². The molecular weight excluding hydrogens is 258 g/mol. The molecule has 0 spiro atoms. The van der Waals surface area contributed by atoms with Crippen molar-refractivity contribution in [2.24, 2.45) is 0 Å². The molecule has 0 aromatic carbocycles. The van der Waals surface area contributed by atoms with Gasteiger partial charge >= 0.3 is 0 Å². The van der Waals surface area contributed by atoms with Gasteiger partial charge in [0.15, 0.2) is 5.82 Å².